The van der Waals surface area contributed by atoms with Crippen LogP contribution in [0.5, 0.6) is 0 Å². The van der Waals surface area contributed by atoms with Crippen LogP contribution in [0.2, 0.25) is 0 Å². The van der Waals surface area contributed by atoms with Gasteiger partial charge in [0.05, 0.1) is 5.69 Å². The van der Waals surface area contributed by atoms with E-state index >= 15 is 0 Å². The highest BCUT2D eigenvalue weighted by molar-refractivity contribution is 9.10. The molecule has 1 aromatic rings. The van der Waals surface area contributed by atoms with Gasteiger partial charge in [-0.25, -0.2) is 4.79 Å². The molecule has 7 heteroatoms. The monoisotopic (exact) mass is 423 g/mol. The molecule has 2 rings (SSSR count). The number of aryl methyl sites for hydroxylation is 1. The minimum absolute atomic E-state index is 0.296. The molecule has 0 radical (unpaired) electrons. The Balaban J connectivity index is 1.97. The fourth-order valence-corrected chi connectivity index (χ4v) is 3.61. The smallest absolute Gasteiger partial charge is 0.323 e. The number of hydrogen-bond acceptors (Lipinski definition) is 3. The number of benzene rings is 1. The second-order valence-corrected chi connectivity index (χ2v) is 7.85. The predicted molar refractivity (Wildman–Crippen MR) is 105 cm³/mol. The summed E-state index contributed by atoms with van der Waals surface area (Å²) < 4.78 is 0.754. The van der Waals surface area contributed by atoms with Gasteiger partial charge in [-0.3, -0.25) is 14.5 Å². The molecule has 0 saturated carbocycles. The van der Waals surface area contributed by atoms with Gasteiger partial charge < -0.3 is 10.6 Å². The molecular weight excluding hydrogens is 398 g/mol. The van der Waals surface area contributed by atoms with Crippen LogP contribution < -0.4 is 10.6 Å². The summed E-state index contributed by atoms with van der Waals surface area (Å²) in [6.07, 6.45) is 4.69. The zero-order valence-corrected chi connectivity index (χ0v) is 17.1. The van der Waals surface area contributed by atoms with Gasteiger partial charge in [-0.15, -0.1) is 0 Å². The molecular formula is C19H26BrN3O3. The molecule has 1 heterocycles. The average molecular weight is 424 g/mol. The lowest BCUT2D eigenvalue weighted by atomic mass is 9.94. The van der Waals surface area contributed by atoms with Gasteiger partial charge in [-0.1, -0.05) is 38.7 Å². The number of halogens is 1. The van der Waals surface area contributed by atoms with Crippen molar-refractivity contribution in [3.05, 3.63) is 28.2 Å². The van der Waals surface area contributed by atoms with Crippen molar-refractivity contribution in [3.8, 4) is 0 Å². The second-order valence-electron chi connectivity index (χ2n) is 7.00. The van der Waals surface area contributed by atoms with E-state index in [1.54, 1.807) is 13.0 Å². The van der Waals surface area contributed by atoms with E-state index in [0.29, 0.717) is 12.1 Å². The first kappa shape index (κ1) is 20.4. The summed E-state index contributed by atoms with van der Waals surface area (Å²) >= 11 is 3.40. The number of nitrogens with zero attached hydrogens (tertiary/aromatic N) is 1. The number of nitrogens with one attached hydrogen (secondary N) is 2. The quantitative estimate of drug-likeness (QED) is 0.490. The normalized spacial score (nSPS) is 19.6. The van der Waals surface area contributed by atoms with Crippen molar-refractivity contribution in [2.24, 2.45) is 0 Å². The van der Waals surface area contributed by atoms with Crippen molar-refractivity contribution in [2.75, 3.05) is 11.9 Å². The highest BCUT2D eigenvalue weighted by atomic mass is 79.9. The van der Waals surface area contributed by atoms with Gasteiger partial charge in [0.15, 0.2) is 0 Å². The molecule has 0 aromatic heterocycles. The zero-order chi connectivity index (χ0) is 19.3. The minimum Gasteiger partial charge on any atom is -0.323 e. The molecule has 1 unspecified atom stereocenters. The number of unbranched alkanes of at least 4 members (excludes halogenated alkanes) is 3. The standard InChI is InChI=1S/C19H26BrN3O3/c1-4-5-6-7-10-19(3)17(25)23(18(26)22-19)12-16(24)21-15-9-8-13(2)11-14(15)20/h8-9,11H,4-7,10,12H2,1-3H3,(H,21,24)(H,22,26). The number of imide groups is 1. The highest BCUT2D eigenvalue weighted by Gasteiger charge is 2.47. The molecule has 1 atom stereocenters. The first-order valence-corrected chi connectivity index (χ1v) is 9.76. The zero-order valence-electron chi connectivity index (χ0n) is 15.5. The van der Waals surface area contributed by atoms with Gasteiger partial charge in [0, 0.05) is 4.47 Å². The Hall–Kier alpha value is -1.89. The minimum atomic E-state index is -0.921. The molecule has 4 amide bonds. The summed E-state index contributed by atoms with van der Waals surface area (Å²) in [7, 11) is 0. The fourth-order valence-electron chi connectivity index (χ4n) is 3.02. The summed E-state index contributed by atoms with van der Waals surface area (Å²) in [6.45, 7) is 5.51. The van der Waals surface area contributed by atoms with Crippen molar-refractivity contribution in [2.45, 2.75) is 58.4 Å². The van der Waals surface area contributed by atoms with Crippen LogP contribution in [0.25, 0.3) is 0 Å². The number of rotatable bonds is 8. The molecule has 1 aromatic carbocycles. The van der Waals surface area contributed by atoms with Crippen molar-refractivity contribution >= 4 is 39.5 Å². The van der Waals surface area contributed by atoms with Gasteiger partial charge in [-0.2, -0.15) is 0 Å². The first-order valence-electron chi connectivity index (χ1n) is 8.97. The Morgan fingerprint density at radius 1 is 1.27 bits per heavy atom. The van der Waals surface area contributed by atoms with Crippen LogP contribution >= 0.6 is 15.9 Å². The number of anilines is 1. The molecule has 1 saturated heterocycles. The Morgan fingerprint density at radius 3 is 2.65 bits per heavy atom. The number of carbonyl (C=O) groups is 3. The van der Waals surface area contributed by atoms with Crippen LogP contribution in [0.4, 0.5) is 10.5 Å². The molecule has 0 aliphatic carbocycles. The van der Waals surface area contributed by atoms with Crippen molar-refractivity contribution in [1.29, 1.82) is 0 Å². The molecule has 1 fully saturated rings. The summed E-state index contributed by atoms with van der Waals surface area (Å²) in [4.78, 5) is 38.1. The maximum absolute atomic E-state index is 12.7. The predicted octanol–water partition coefficient (Wildman–Crippen LogP) is 3.98. The number of hydrogen-bond donors (Lipinski definition) is 2. The van der Waals surface area contributed by atoms with Gasteiger partial charge in [0.1, 0.15) is 12.1 Å². The summed E-state index contributed by atoms with van der Waals surface area (Å²) in [6, 6.07) is 5.03. The third-order valence-corrected chi connectivity index (χ3v) is 5.23. The van der Waals surface area contributed by atoms with Crippen molar-refractivity contribution < 1.29 is 14.4 Å². The van der Waals surface area contributed by atoms with E-state index in [-0.39, 0.29) is 12.5 Å². The van der Waals surface area contributed by atoms with E-state index in [2.05, 4.69) is 33.5 Å². The molecule has 2 N–H and O–H groups in total. The van der Waals surface area contributed by atoms with Crippen LogP contribution in [-0.2, 0) is 9.59 Å². The van der Waals surface area contributed by atoms with E-state index in [0.717, 1.165) is 40.6 Å². The lowest BCUT2D eigenvalue weighted by Gasteiger charge is -2.21. The number of amides is 4. The Kier molecular flexibility index (Phi) is 6.81. The lowest BCUT2D eigenvalue weighted by Crippen LogP contribution is -2.44. The molecule has 1 aliphatic rings. The van der Waals surface area contributed by atoms with Gasteiger partial charge in [0.25, 0.3) is 5.91 Å². The molecule has 0 bridgehead atoms. The van der Waals surface area contributed by atoms with Crippen molar-refractivity contribution in [3.63, 3.8) is 0 Å². The van der Waals surface area contributed by atoms with Crippen molar-refractivity contribution in [1.82, 2.24) is 10.2 Å². The Labute approximate surface area is 162 Å². The Bertz CT molecular complexity index is 707. The van der Waals surface area contributed by atoms with Crippen LogP contribution in [0, 0.1) is 6.92 Å². The fraction of sp³-hybridized carbons (Fsp3) is 0.526. The molecule has 142 valence electrons. The summed E-state index contributed by atoms with van der Waals surface area (Å²) in [5.74, 6) is -0.745. The first-order chi connectivity index (χ1) is 12.3. The average Bonchev–Trinajstić information content (AvgIpc) is 2.78. The lowest BCUT2D eigenvalue weighted by molar-refractivity contribution is -0.133. The third kappa shape index (κ3) is 4.84. The summed E-state index contributed by atoms with van der Waals surface area (Å²) in [5, 5.41) is 5.48. The maximum Gasteiger partial charge on any atom is 0.325 e. The topological polar surface area (TPSA) is 78.5 Å². The molecule has 1 aliphatic heterocycles. The van der Waals surface area contributed by atoms with Gasteiger partial charge in [-0.05, 0) is 53.9 Å². The molecule has 6 nitrogen and oxygen atoms in total. The van der Waals surface area contributed by atoms with Crippen LogP contribution in [0.15, 0.2) is 22.7 Å². The number of carbonyl (C=O) groups excluding carboxylic acids is 3. The van der Waals surface area contributed by atoms with E-state index in [1.807, 2.05) is 19.1 Å². The van der Waals surface area contributed by atoms with Crippen LogP contribution in [-0.4, -0.2) is 34.8 Å². The second kappa shape index (κ2) is 8.66. The molecule has 0 spiro atoms. The van der Waals surface area contributed by atoms with Gasteiger partial charge in [0.2, 0.25) is 5.91 Å². The van der Waals surface area contributed by atoms with E-state index in [9.17, 15) is 14.4 Å². The van der Waals surface area contributed by atoms with E-state index in [4.69, 9.17) is 0 Å². The van der Waals surface area contributed by atoms with E-state index < -0.39 is 17.5 Å². The van der Waals surface area contributed by atoms with E-state index in [1.165, 1.54) is 0 Å². The van der Waals surface area contributed by atoms with Crippen LogP contribution in [0.3, 0.4) is 0 Å². The molecule has 26 heavy (non-hydrogen) atoms. The van der Waals surface area contributed by atoms with Crippen LogP contribution in [0.1, 0.15) is 51.5 Å². The Morgan fingerprint density at radius 2 is 2.00 bits per heavy atom. The largest absolute Gasteiger partial charge is 0.325 e. The summed E-state index contributed by atoms with van der Waals surface area (Å²) in [5.41, 5.74) is 0.744. The number of urea groups is 1. The SMILES string of the molecule is CCCCCCC1(C)NC(=O)N(CC(=O)Nc2ccc(C)cc2Br)C1=O. The van der Waals surface area contributed by atoms with Gasteiger partial charge >= 0.3 is 6.03 Å². The highest BCUT2D eigenvalue weighted by Crippen LogP contribution is 2.25. The third-order valence-electron chi connectivity index (χ3n) is 4.58. The maximum atomic E-state index is 12.7.